The first-order valence-electron chi connectivity index (χ1n) is 7.68. The maximum atomic E-state index is 12.6. The van der Waals surface area contributed by atoms with Crippen molar-refractivity contribution in [1.29, 1.82) is 0 Å². The van der Waals surface area contributed by atoms with Crippen LogP contribution in [0.5, 0.6) is 0 Å². The molecule has 3 fully saturated rings. The van der Waals surface area contributed by atoms with E-state index >= 15 is 0 Å². The zero-order valence-electron chi connectivity index (χ0n) is 12.8. The number of carbonyl (C=O) groups is 1. The van der Waals surface area contributed by atoms with Crippen molar-refractivity contribution in [3.05, 3.63) is 24.3 Å². The zero-order valence-corrected chi connectivity index (χ0v) is 13.6. The van der Waals surface area contributed by atoms with Gasteiger partial charge in [-0.05, 0) is 6.42 Å². The van der Waals surface area contributed by atoms with Crippen molar-refractivity contribution < 1.29 is 17.9 Å². The second kappa shape index (κ2) is 4.96. The van der Waals surface area contributed by atoms with E-state index in [1.165, 1.54) is 22.9 Å². The molecule has 9 heteroatoms. The van der Waals surface area contributed by atoms with Crippen LogP contribution in [0.2, 0.25) is 0 Å². The van der Waals surface area contributed by atoms with Gasteiger partial charge in [0.2, 0.25) is 10.0 Å². The highest BCUT2D eigenvalue weighted by Gasteiger charge is 2.65. The summed E-state index contributed by atoms with van der Waals surface area (Å²) in [6.45, 7) is 3.23. The molecule has 0 aliphatic carbocycles. The highest BCUT2D eigenvalue weighted by atomic mass is 32.2. The van der Waals surface area contributed by atoms with Crippen molar-refractivity contribution in [2.24, 2.45) is 0 Å². The summed E-state index contributed by atoms with van der Waals surface area (Å²) in [6, 6.07) is 0. The fourth-order valence-corrected chi connectivity index (χ4v) is 6.29. The number of likely N-dealkylation sites (N-methyl/N-ethyl adjacent to an activating group) is 1. The average molecular weight is 338 g/mol. The van der Waals surface area contributed by atoms with Gasteiger partial charge < -0.3 is 9.64 Å². The molecule has 1 aromatic rings. The minimum absolute atomic E-state index is 0.223. The standard InChI is InChI=1S/C14H18N4O4S/c1-2-18-9-14-8-17(13(19)11-6-15-3-4-16-11)7-10(22-14)5-12(14)23(18,20)21/h3-4,6,10,12H,2,5,7-9H2,1H3/t10-,12-,14-/m1/s1. The lowest BCUT2D eigenvalue weighted by molar-refractivity contribution is -0.0975. The molecular formula is C14H18N4O4S. The third-order valence-electron chi connectivity index (χ3n) is 4.93. The molecule has 3 atom stereocenters. The molecule has 0 aromatic carbocycles. The molecule has 0 radical (unpaired) electrons. The Balaban J connectivity index is 1.64. The third-order valence-corrected chi connectivity index (χ3v) is 7.38. The number of ether oxygens (including phenoxy) is 1. The molecule has 2 bridgehead atoms. The zero-order chi connectivity index (χ0) is 16.2. The topological polar surface area (TPSA) is 92.7 Å². The monoisotopic (exact) mass is 338 g/mol. The third kappa shape index (κ3) is 2.10. The summed E-state index contributed by atoms with van der Waals surface area (Å²) in [5.41, 5.74) is -0.537. The van der Waals surface area contributed by atoms with Crippen LogP contribution < -0.4 is 0 Å². The summed E-state index contributed by atoms with van der Waals surface area (Å²) in [7, 11) is -3.35. The first-order valence-corrected chi connectivity index (χ1v) is 9.19. The van der Waals surface area contributed by atoms with E-state index in [-0.39, 0.29) is 24.2 Å². The molecule has 8 nitrogen and oxygen atoms in total. The molecule has 124 valence electrons. The maximum absolute atomic E-state index is 12.6. The van der Waals surface area contributed by atoms with E-state index in [0.29, 0.717) is 26.1 Å². The predicted molar refractivity (Wildman–Crippen MR) is 80.1 cm³/mol. The Morgan fingerprint density at radius 3 is 2.96 bits per heavy atom. The molecular weight excluding hydrogens is 320 g/mol. The van der Waals surface area contributed by atoms with Gasteiger partial charge in [0.25, 0.3) is 5.91 Å². The van der Waals surface area contributed by atoms with E-state index in [4.69, 9.17) is 4.74 Å². The van der Waals surface area contributed by atoms with Crippen LogP contribution in [0.1, 0.15) is 23.8 Å². The minimum Gasteiger partial charge on any atom is -0.365 e. The molecule has 4 rings (SSSR count). The average Bonchev–Trinajstić information content (AvgIpc) is 2.93. The van der Waals surface area contributed by atoms with Gasteiger partial charge in [0.15, 0.2) is 0 Å². The van der Waals surface area contributed by atoms with Crippen molar-refractivity contribution in [3.8, 4) is 0 Å². The van der Waals surface area contributed by atoms with Gasteiger partial charge in [-0.2, -0.15) is 4.31 Å². The number of likely N-dealkylation sites (tertiary alicyclic amines) is 1. The summed E-state index contributed by atoms with van der Waals surface area (Å²) in [4.78, 5) is 22.2. The number of aromatic nitrogens is 2. The molecule has 3 saturated heterocycles. The van der Waals surface area contributed by atoms with Crippen molar-refractivity contribution in [3.63, 3.8) is 0 Å². The van der Waals surface area contributed by atoms with Gasteiger partial charge in [-0.1, -0.05) is 6.92 Å². The fraction of sp³-hybridized carbons (Fsp3) is 0.643. The van der Waals surface area contributed by atoms with Crippen LogP contribution in [-0.2, 0) is 14.8 Å². The minimum atomic E-state index is -3.35. The Hall–Kier alpha value is -1.58. The van der Waals surface area contributed by atoms with Gasteiger partial charge in [0.05, 0.1) is 18.8 Å². The van der Waals surface area contributed by atoms with E-state index in [1.54, 1.807) is 4.90 Å². The Morgan fingerprint density at radius 1 is 1.43 bits per heavy atom. The molecule has 1 aromatic heterocycles. The summed E-state index contributed by atoms with van der Waals surface area (Å²) in [5, 5.41) is -0.556. The van der Waals surface area contributed by atoms with Crippen LogP contribution in [0.15, 0.2) is 18.6 Å². The Morgan fingerprint density at radius 2 is 2.26 bits per heavy atom. The van der Waals surface area contributed by atoms with Crippen molar-refractivity contribution in [2.45, 2.75) is 30.3 Å². The van der Waals surface area contributed by atoms with Crippen molar-refractivity contribution in [2.75, 3.05) is 26.2 Å². The number of nitrogens with zero attached hydrogens (tertiary/aromatic N) is 4. The quantitative estimate of drug-likeness (QED) is 0.721. The summed E-state index contributed by atoms with van der Waals surface area (Å²) < 4.78 is 32.7. The smallest absolute Gasteiger partial charge is 0.274 e. The Bertz CT molecular complexity index is 740. The van der Waals surface area contributed by atoms with Crippen molar-refractivity contribution in [1.82, 2.24) is 19.2 Å². The highest BCUT2D eigenvalue weighted by molar-refractivity contribution is 7.90. The van der Waals surface area contributed by atoms with E-state index in [0.717, 1.165) is 0 Å². The van der Waals surface area contributed by atoms with E-state index in [2.05, 4.69) is 9.97 Å². The number of hydrogen-bond acceptors (Lipinski definition) is 6. The van der Waals surface area contributed by atoms with E-state index < -0.39 is 20.9 Å². The Kier molecular flexibility index (Phi) is 3.23. The van der Waals surface area contributed by atoms with Crippen LogP contribution >= 0.6 is 0 Å². The van der Waals surface area contributed by atoms with Gasteiger partial charge in [-0.3, -0.25) is 9.78 Å². The first-order chi connectivity index (χ1) is 11.0. The lowest BCUT2D eigenvalue weighted by Gasteiger charge is -2.39. The summed E-state index contributed by atoms with van der Waals surface area (Å²) in [5.74, 6) is -0.223. The molecule has 4 heterocycles. The summed E-state index contributed by atoms with van der Waals surface area (Å²) in [6.07, 6.45) is 4.63. The molecule has 1 amide bonds. The number of fused-ring (bicyclic) bond motifs is 1. The van der Waals surface area contributed by atoms with Gasteiger partial charge in [-0.25, -0.2) is 13.4 Å². The molecule has 1 spiro atoms. The summed E-state index contributed by atoms with van der Waals surface area (Å²) >= 11 is 0. The fourth-order valence-electron chi connectivity index (χ4n) is 3.96. The number of hydrogen-bond donors (Lipinski definition) is 0. The van der Waals surface area contributed by atoms with Crippen molar-refractivity contribution >= 4 is 15.9 Å². The van der Waals surface area contributed by atoms with Gasteiger partial charge >= 0.3 is 0 Å². The molecule has 3 aliphatic heterocycles. The molecule has 3 aliphatic rings. The van der Waals surface area contributed by atoms with Gasteiger partial charge in [0.1, 0.15) is 16.5 Å². The second-order valence-corrected chi connectivity index (χ2v) is 8.39. The number of amides is 1. The van der Waals surface area contributed by atoms with E-state index in [1.807, 2.05) is 6.92 Å². The van der Waals surface area contributed by atoms with Gasteiger partial charge in [0, 0.05) is 32.0 Å². The number of rotatable bonds is 2. The predicted octanol–water partition coefficient (Wildman–Crippen LogP) is -0.506. The lowest BCUT2D eigenvalue weighted by Crippen LogP contribution is -2.56. The molecule has 23 heavy (non-hydrogen) atoms. The maximum Gasteiger partial charge on any atom is 0.274 e. The second-order valence-electron chi connectivity index (χ2n) is 6.28. The normalized spacial score (nSPS) is 35.3. The SMILES string of the molecule is CCN1C[C@]23CN(C(=O)c4cnccn4)C[C@@H](C[C@H]2S1(=O)=O)O3. The van der Waals surface area contributed by atoms with Gasteiger partial charge in [-0.15, -0.1) is 0 Å². The number of sulfonamides is 1. The Labute approximate surface area is 134 Å². The van der Waals surface area contributed by atoms with E-state index in [9.17, 15) is 13.2 Å². The molecule has 0 N–H and O–H groups in total. The van der Waals surface area contributed by atoms with Crippen LogP contribution in [0.4, 0.5) is 0 Å². The molecule has 0 saturated carbocycles. The van der Waals surface area contributed by atoms with Crippen LogP contribution in [0.3, 0.4) is 0 Å². The molecule has 0 unspecified atom stereocenters. The first kappa shape index (κ1) is 15.0. The van der Waals surface area contributed by atoms with Crippen LogP contribution in [-0.4, -0.2) is 76.6 Å². The number of morpholine rings is 1. The van der Waals surface area contributed by atoms with Crippen LogP contribution in [0, 0.1) is 0 Å². The number of carbonyl (C=O) groups excluding carboxylic acids is 1. The van der Waals surface area contributed by atoms with Crippen LogP contribution in [0.25, 0.3) is 0 Å². The lowest BCUT2D eigenvalue weighted by atomic mass is 9.99. The largest absolute Gasteiger partial charge is 0.365 e. The highest BCUT2D eigenvalue weighted by Crippen LogP contribution is 2.46.